The van der Waals surface area contributed by atoms with Gasteiger partial charge in [-0.15, -0.1) is 0 Å². The van der Waals surface area contributed by atoms with Gasteiger partial charge >= 0.3 is 0 Å². The van der Waals surface area contributed by atoms with Crippen molar-refractivity contribution in [2.45, 2.75) is 6.92 Å². The highest BCUT2D eigenvalue weighted by Gasteiger charge is 2.09. The van der Waals surface area contributed by atoms with E-state index < -0.39 is 0 Å². The van der Waals surface area contributed by atoms with Gasteiger partial charge in [0.15, 0.2) is 0 Å². The van der Waals surface area contributed by atoms with Gasteiger partial charge in [-0.25, -0.2) is 0 Å². The number of nitrogens with zero attached hydrogens (tertiary/aromatic N) is 4. The van der Waals surface area contributed by atoms with E-state index in [1.807, 2.05) is 6.07 Å². The highest BCUT2D eigenvalue weighted by atomic mass is 16.3. The quantitative estimate of drug-likeness (QED) is 0.582. The predicted octanol–water partition coefficient (Wildman–Crippen LogP) is 1.39. The fourth-order valence-electron chi connectivity index (χ4n) is 1.12. The molecule has 1 aromatic rings. The monoisotopic (exact) mass is 225 g/mol. The van der Waals surface area contributed by atoms with E-state index in [4.69, 9.17) is 15.8 Å². The van der Waals surface area contributed by atoms with E-state index in [0.29, 0.717) is 5.56 Å². The minimum absolute atomic E-state index is 0.00262. The fourth-order valence-corrected chi connectivity index (χ4v) is 1.12. The van der Waals surface area contributed by atoms with E-state index >= 15 is 0 Å². The summed E-state index contributed by atoms with van der Waals surface area (Å²) in [5.74, 6) is -0.00262. The second-order valence-corrected chi connectivity index (χ2v) is 3.04. The lowest BCUT2D eigenvalue weighted by molar-refractivity contribution is 0.471. The van der Waals surface area contributed by atoms with Gasteiger partial charge in [0.05, 0.1) is 11.3 Å². The Hall–Kier alpha value is -3.04. The molecule has 0 heterocycles. The summed E-state index contributed by atoms with van der Waals surface area (Å²) in [5, 5.41) is 38.9. The van der Waals surface area contributed by atoms with Gasteiger partial charge in [0, 0.05) is 5.56 Å². The maximum atomic E-state index is 9.47. The van der Waals surface area contributed by atoms with Crippen molar-refractivity contribution in [2.24, 2.45) is 5.10 Å². The van der Waals surface area contributed by atoms with Crippen LogP contribution in [0.15, 0.2) is 17.2 Å². The molecule has 0 saturated carbocycles. The summed E-state index contributed by atoms with van der Waals surface area (Å²) in [5.41, 5.74) is 3.03. The Balaban J connectivity index is 3.21. The van der Waals surface area contributed by atoms with E-state index in [-0.39, 0.29) is 22.7 Å². The van der Waals surface area contributed by atoms with Crippen molar-refractivity contribution < 1.29 is 5.11 Å². The smallest absolute Gasteiger partial charge is 0.237 e. The summed E-state index contributed by atoms with van der Waals surface area (Å²) in [6.45, 7) is 1.59. The van der Waals surface area contributed by atoms with Crippen molar-refractivity contribution in [1.82, 2.24) is 0 Å². The van der Waals surface area contributed by atoms with Gasteiger partial charge in [-0.05, 0) is 19.1 Å². The third-order valence-electron chi connectivity index (χ3n) is 2.05. The zero-order valence-electron chi connectivity index (χ0n) is 8.89. The summed E-state index contributed by atoms with van der Waals surface area (Å²) in [7, 11) is 0. The topological polar surface area (TPSA) is 116 Å². The molecule has 0 fully saturated rings. The van der Waals surface area contributed by atoms with E-state index in [0.717, 1.165) is 0 Å². The third-order valence-corrected chi connectivity index (χ3v) is 2.05. The highest BCUT2D eigenvalue weighted by molar-refractivity contribution is 6.10. The number of nitriles is 3. The van der Waals surface area contributed by atoms with Crippen molar-refractivity contribution in [3.8, 4) is 24.0 Å². The first kappa shape index (κ1) is 12.0. The average Bonchev–Trinajstić information content (AvgIpc) is 2.35. The van der Waals surface area contributed by atoms with Crippen LogP contribution in [0.2, 0.25) is 0 Å². The number of phenols is 1. The molecule has 0 amide bonds. The second kappa shape index (κ2) is 5.16. The molecule has 0 radical (unpaired) electrons. The Bertz CT molecular complexity index is 582. The molecular weight excluding hydrogens is 218 g/mol. The van der Waals surface area contributed by atoms with Crippen molar-refractivity contribution >= 4 is 11.4 Å². The molecule has 1 aromatic carbocycles. The molecule has 0 aliphatic heterocycles. The van der Waals surface area contributed by atoms with Crippen molar-refractivity contribution in [3.63, 3.8) is 0 Å². The molecule has 0 spiro atoms. The maximum Gasteiger partial charge on any atom is 0.237 e. The molecule has 2 N–H and O–H groups in total. The number of rotatable bonds is 2. The lowest BCUT2D eigenvalue weighted by atomic mass is 10.1. The number of nitrogens with one attached hydrogen (secondary N) is 1. The Morgan fingerprint density at radius 2 is 1.94 bits per heavy atom. The fraction of sp³-hybridized carbons (Fsp3) is 0.0909. The van der Waals surface area contributed by atoms with Crippen molar-refractivity contribution in [1.29, 1.82) is 15.8 Å². The van der Waals surface area contributed by atoms with E-state index in [1.54, 1.807) is 19.1 Å². The second-order valence-electron chi connectivity index (χ2n) is 3.04. The Labute approximate surface area is 97.6 Å². The van der Waals surface area contributed by atoms with Crippen LogP contribution in [0.25, 0.3) is 0 Å². The summed E-state index contributed by atoms with van der Waals surface area (Å²) < 4.78 is 0. The van der Waals surface area contributed by atoms with Crippen molar-refractivity contribution in [3.05, 3.63) is 23.3 Å². The Morgan fingerprint density at radius 1 is 1.29 bits per heavy atom. The van der Waals surface area contributed by atoms with Gasteiger partial charge in [0.2, 0.25) is 5.71 Å². The summed E-state index contributed by atoms with van der Waals surface area (Å²) in [4.78, 5) is 0. The Morgan fingerprint density at radius 3 is 2.47 bits per heavy atom. The predicted molar refractivity (Wildman–Crippen MR) is 59.8 cm³/mol. The minimum atomic E-state index is -0.364. The van der Waals surface area contributed by atoms with Gasteiger partial charge in [0.25, 0.3) is 0 Å². The summed E-state index contributed by atoms with van der Waals surface area (Å²) >= 11 is 0. The number of hydrazone groups is 1. The van der Waals surface area contributed by atoms with Crippen LogP contribution >= 0.6 is 0 Å². The number of benzene rings is 1. The van der Waals surface area contributed by atoms with Crippen LogP contribution in [0.1, 0.15) is 11.1 Å². The van der Waals surface area contributed by atoms with Gasteiger partial charge in [-0.1, -0.05) is 0 Å². The number of anilines is 1. The Kier molecular flexibility index (Phi) is 3.65. The first-order chi connectivity index (χ1) is 8.13. The minimum Gasteiger partial charge on any atom is -0.508 e. The zero-order chi connectivity index (χ0) is 12.8. The largest absolute Gasteiger partial charge is 0.508 e. The zero-order valence-corrected chi connectivity index (χ0v) is 8.89. The molecule has 0 aliphatic carbocycles. The standard InChI is InChI=1S/C11H7N5O/c1-7-10(17)3-2-8(4-12)11(7)16-15-9(5-13)6-14/h2-3,16-17H,1H3. The highest BCUT2D eigenvalue weighted by Crippen LogP contribution is 2.27. The number of aromatic hydroxyl groups is 1. The molecule has 0 bridgehead atoms. The van der Waals surface area contributed by atoms with E-state index in [1.165, 1.54) is 12.1 Å². The summed E-state index contributed by atoms with van der Waals surface area (Å²) in [6.07, 6.45) is 0. The molecule has 1 rings (SSSR count). The van der Waals surface area contributed by atoms with Crippen LogP contribution in [0.3, 0.4) is 0 Å². The normalized spacial score (nSPS) is 8.35. The first-order valence-electron chi connectivity index (χ1n) is 4.50. The molecule has 82 valence electrons. The molecular formula is C11H7N5O. The van der Waals surface area contributed by atoms with Crippen LogP contribution in [-0.2, 0) is 0 Å². The van der Waals surface area contributed by atoms with Gasteiger partial charge in [0.1, 0.15) is 24.0 Å². The lowest BCUT2D eigenvalue weighted by Crippen LogP contribution is -2.00. The van der Waals surface area contributed by atoms with Crippen LogP contribution < -0.4 is 5.43 Å². The molecule has 0 aromatic heterocycles. The average molecular weight is 225 g/mol. The summed E-state index contributed by atoms with van der Waals surface area (Å²) in [6, 6.07) is 7.87. The van der Waals surface area contributed by atoms with Crippen molar-refractivity contribution in [2.75, 3.05) is 5.43 Å². The molecule has 6 nitrogen and oxygen atoms in total. The lowest BCUT2D eigenvalue weighted by Gasteiger charge is -2.08. The SMILES string of the molecule is Cc1c(O)ccc(C#N)c1NN=C(C#N)C#N. The molecule has 17 heavy (non-hydrogen) atoms. The van der Waals surface area contributed by atoms with Gasteiger partial charge in [-0.2, -0.15) is 20.9 Å². The number of hydrogen-bond acceptors (Lipinski definition) is 6. The van der Waals surface area contributed by atoms with Crippen LogP contribution in [0.5, 0.6) is 5.75 Å². The molecule has 0 saturated heterocycles. The molecule has 0 atom stereocenters. The molecule has 6 heteroatoms. The third kappa shape index (κ3) is 2.50. The number of phenolic OH excluding ortho intramolecular Hbond substituents is 1. The first-order valence-corrected chi connectivity index (χ1v) is 4.50. The number of hydrogen-bond donors (Lipinski definition) is 2. The van der Waals surface area contributed by atoms with Crippen LogP contribution in [-0.4, -0.2) is 10.8 Å². The van der Waals surface area contributed by atoms with E-state index in [9.17, 15) is 5.11 Å². The van der Waals surface area contributed by atoms with E-state index in [2.05, 4.69) is 10.5 Å². The van der Waals surface area contributed by atoms with Gasteiger partial charge < -0.3 is 5.11 Å². The molecule has 0 aliphatic rings. The van der Waals surface area contributed by atoms with Crippen LogP contribution in [0.4, 0.5) is 5.69 Å². The molecule has 0 unspecified atom stereocenters. The van der Waals surface area contributed by atoms with Gasteiger partial charge in [-0.3, -0.25) is 5.43 Å². The van der Waals surface area contributed by atoms with Crippen LogP contribution in [0, 0.1) is 40.9 Å². The maximum absolute atomic E-state index is 9.47.